The maximum absolute atomic E-state index is 13.4. The van der Waals surface area contributed by atoms with Crippen molar-refractivity contribution in [1.82, 2.24) is 9.88 Å². The minimum Gasteiger partial charge on any atom is -0.337 e. The van der Waals surface area contributed by atoms with E-state index in [4.69, 9.17) is 5.73 Å². The van der Waals surface area contributed by atoms with Gasteiger partial charge in [0.15, 0.2) is 5.82 Å². The van der Waals surface area contributed by atoms with E-state index >= 15 is 0 Å². The molecule has 1 aromatic heterocycles. The van der Waals surface area contributed by atoms with E-state index in [1.54, 1.807) is 4.90 Å². The molecule has 4 nitrogen and oxygen atoms in total. The number of amides is 1. The summed E-state index contributed by atoms with van der Waals surface area (Å²) in [5.41, 5.74) is 5.85. The van der Waals surface area contributed by atoms with Crippen LogP contribution in [0.3, 0.4) is 0 Å². The van der Waals surface area contributed by atoms with Crippen LogP contribution in [-0.2, 0) is 0 Å². The molecule has 0 spiro atoms. The number of likely N-dealkylation sites (tertiary alicyclic amines) is 1. The van der Waals surface area contributed by atoms with Crippen LogP contribution >= 0.6 is 24.8 Å². The maximum Gasteiger partial charge on any atom is 0.256 e. The Bertz CT molecular complexity index is 406. The summed E-state index contributed by atoms with van der Waals surface area (Å²) in [5.74, 6) is -0.873. The first-order valence-corrected chi connectivity index (χ1v) is 5.33. The monoisotopic (exact) mass is 295 g/mol. The molecule has 2 rings (SSSR count). The molecule has 2 heterocycles. The topological polar surface area (TPSA) is 59.2 Å². The lowest BCUT2D eigenvalue weighted by atomic mass is 10.1. The van der Waals surface area contributed by atoms with Gasteiger partial charge in [0.05, 0.1) is 11.8 Å². The van der Waals surface area contributed by atoms with Crippen molar-refractivity contribution in [1.29, 1.82) is 0 Å². The zero-order chi connectivity index (χ0) is 11.5. The van der Waals surface area contributed by atoms with Gasteiger partial charge < -0.3 is 10.6 Å². The molecular weight excluding hydrogens is 280 g/mol. The minimum absolute atomic E-state index is 0. The molecule has 1 fully saturated rings. The Morgan fingerprint density at radius 2 is 2.22 bits per heavy atom. The number of rotatable bonds is 1. The standard InChI is InChI=1S/C11H14FN3O.2ClH/c12-10-6-14-4-3-9(10)11(16)15-5-1-2-8(13)7-15;;/h3-4,6,8H,1-2,5,7,13H2;2*1H. The molecule has 0 bridgehead atoms. The highest BCUT2D eigenvalue weighted by Gasteiger charge is 2.23. The number of pyridine rings is 1. The Morgan fingerprint density at radius 3 is 2.83 bits per heavy atom. The summed E-state index contributed by atoms with van der Waals surface area (Å²) < 4.78 is 13.4. The molecule has 0 aliphatic carbocycles. The van der Waals surface area contributed by atoms with Crippen LogP contribution in [0.2, 0.25) is 0 Å². The normalized spacial score (nSPS) is 18.6. The van der Waals surface area contributed by atoms with E-state index in [2.05, 4.69) is 4.98 Å². The highest BCUT2D eigenvalue weighted by molar-refractivity contribution is 5.94. The summed E-state index contributed by atoms with van der Waals surface area (Å²) >= 11 is 0. The van der Waals surface area contributed by atoms with Gasteiger partial charge in [0.2, 0.25) is 0 Å². The Hall–Kier alpha value is -0.910. The Morgan fingerprint density at radius 1 is 1.50 bits per heavy atom. The van der Waals surface area contributed by atoms with Gasteiger partial charge in [-0.25, -0.2) is 4.39 Å². The highest BCUT2D eigenvalue weighted by atomic mass is 35.5. The number of halogens is 3. The zero-order valence-corrected chi connectivity index (χ0v) is 11.3. The number of carbonyl (C=O) groups excluding carboxylic acids is 1. The average Bonchev–Trinajstić information content (AvgIpc) is 2.29. The Kier molecular flexibility index (Phi) is 7.13. The van der Waals surface area contributed by atoms with Gasteiger partial charge in [-0.2, -0.15) is 0 Å². The van der Waals surface area contributed by atoms with Crippen molar-refractivity contribution in [3.63, 3.8) is 0 Å². The number of piperidine rings is 1. The van der Waals surface area contributed by atoms with Crippen LogP contribution in [0.25, 0.3) is 0 Å². The fourth-order valence-electron chi connectivity index (χ4n) is 1.91. The maximum atomic E-state index is 13.4. The smallest absolute Gasteiger partial charge is 0.256 e. The molecule has 1 atom stereocenters. The fraction of sp³-hybridized carbons (Fsp3) is 0.455. The SMILES string of the molecule is Cl.Cl.NC1CCCN(C(=O)c2ccncc2F)C1. The first-order valence-electron chi connectivity index (χ1n) is 5.33. The van der Waals surface area contributed by atoms with Crippen molar-refractivity contribution >= 4 is 30.7 Å². The van der Waals surface area contributed by atoms with Crippen LogP contribution < -0.4 is 5.73 Å². The largest absolute Gasteiger partial charge is 0.337 e. The van der Waals surface area contributed by atoms with E-state index in [0.29, 0.717) is 13.1 Å². The molecule has 1 aliphatic heterocycles. The summed E-state index contributed by atoms with van der Waals surface area (Å²) in [6.07, 6.45) is 4.26. The number of hydrogen-bond acceptors (Lipinski definition) is 3. The van der Waals surface area contributed by atoms with Gasteiger partial charge in [-0.15, -0.1) is 24.8 Å². The van der Waals surface area contributed by atoms with E-state index in [-0.39, 0.29) is 42.3 Å². The van der Waals surface area contributed by atoms with Crippen molar-refractivity contribution in [2.75, 3.05) is 13.1 Å². The van der Waals surface area contributed by atoms with Crippen molar-refractivity contribution in [3.8, 4) is 0 Å². The van der Waals surface area contributed by atoms with Crippen molar-refractivity contribution in [2.24, 2.45) is 5.73 Å². The molecule has 1 aromatic rings. The third kappa shape index (κ3) is 3.80. The molecule has 0 saturated carbocycles. The molecule has 7 heteroatoms. The predicted octanol–water partition coefficient (Wildman–Crippen LogP) is 1.63. The lowest BCUT2D eigenvalue weighted by Gasteiger charge is -2.30. The van der Waals surface area contributed by atoms with Gasteiger partial charge in [-0.05, 0) is 18.9 Å². The minimum atomic E-state index is -0.577. The van der Waals surface area contributed by atoms with Crippen LogP contribution in [0.4, 0.5) is 4.39 Å². The van der Waals surface area contributed by atoms with Gasteiger partial charge in [-0.3, -0.25) is 9.78 Å². The number of nitrogens with zero attached hydrogens (tertiary/aromatic N) is 2. The molecule has 1 saturated heterocycles. The van der Waals surface area contributed by atoms with E-state index in [1.807, 2.05) is 0 Å². The van der Waals surface area contributed by atoms with Gasteiger partial charge in [-0.1, -0.05) is 0 Å². The zero-order valence-electron chi connectivity index (χ0n) is 9.71. The third-order valence-electron chi connectivity index (χ3n) is 2.75. The molecule has 2 N–H and O–H groups in total. The van der Waals surface area contributed by atoms with Gasteiger partial charge in [0, 0.05) is 25.3 Å². The molecule has 0 radical (unpaired) electrons. The second-order valence-corrected chi connectivity index (χ2v) is 4.01. The second-order valence-electron chi connectivity index (χ2n) is 4.01. The van der Waals surface area contributed by atoms with Crippen LogP contribution in [0.5, 0.6) is 0 Å². The van der Waals surface area contributed by atoms with Crippen molar-refractivity contribution in [2.45, 2.75) is 18.9 Å². The first-order chi connectivity index (χ1) is 7.68. The van der Waals surface area contributed by atoms with Crippen LogP contribution in [0.1, 0.15) is 23.2 Å². The summed E-state index contributed by atoms with van der Waals surface area (Å²) in [6, 6.07) is 1.40. The van der Waals surface area contributed by atoms with Crippen molar-refractivity contribution in [3.05, 3.63) is 29.8 Å². The van der Waals surface area contributed by atoms with E-state index in [0.717, 1.165) is 19.0 Å². The summed E-state index contributed by atoms with van der Waals surface area (Å²) in [7, 11) is 0. The van der Waals surface area contributed by atoms with Gasteiger partial charge in [0.25, 0.3) is 5.91 Å². The fourth-order valence-corrected chi connectivity index (χ4v) is 1.91. The van der Waals surface area contributed by atoms with Gasteiger partial charge in [0.1, 0.15) is 0 Å². The lowest BCUT2D eigenvalue weighted by Crippen LogP contribution is -2.45. The highest BCUT2D eigenvalue weighted by Crippen LogP contribution is 2.14. The van der Waals surface area contributed by atoms with E-state index in [9.17, 15) is 9.18 Å². The van der Waals surface area contributed by atoms with Crippen LogP contribution in [0.15, 0.2) is 18.5 Å². The third-order valence-corrected chi connectivity index (χ3v) is 2.75. The molecule has 1 aliphatic rings. The Labute approximate surface area is 118 Å². The molecule has 1 amide bonds. The molecule has 0 aromatic carbocycles. The summed E-state index contributed by atoms with van der Waals surface area (Å²) in [5, 5.41) is 0. The molecule has 1 unspecified atom stereocenters. The van der Waals surface area contributed by atoms with E-state index < -0.39 is 5.82 Å². The average molecular weight is 296 g/mol. The molecule has 102 valence electrons. The van der Waals surface area contributed by atoms with Crippen molar-refractivity contribution < 1.29 is 9.18 Å². The van der Waals surface area contributed by atoms with Gasteiger partial charge >= 0.3 is 0 Å². The number of carbonyl (C=O) groups is 1. The second kappa shape index (κ2) is 7.51. The molecular formula is C11H16Cl2FN3O. The summed E-state index contributed by atoms with van der Waals surface area (Å²) in [4.78, 5) is 17.2. The first kappa shape index (κ1) is 17.1. The van der Waals surface area contributed by atoms with Crippen LogP contribution in [0, 0.1) is 5.82 Å². The van der Waals surface area contributed by atoms with E-state index in [1.165, 1.54) is 12.3 Å². The number of aromatic nitrogens is 1. The summed E-state index contributed by atoms with van der Waals surface area (Å²) in [6.45, 7) is 1.15. The molecule has 18 heavy (non-hydrogen) atoms. The lowest BCUT2D eigenvalue weighted by molar-refractivity contribution is 0.0704. The predicted molar refractivity (Wildman–Crippen MR) is 71.8 cm³/mol. The van der Waals surface area contributed by atoms with Crippen LogP contribution in [-0.4, -0.2) is 34.9 Å². The Balaban J connectivity index is 0.00000144. The number of nitrogens with two attached hydrogens (primary N) is 1. The number of hydrogen-bond donors (Lipinski definition) is 1. The quantitative estimate of drug-likeness (QED) is 0.857.